The Kier molecular flexibility index (Phi) is 4.99. The topological polar surface area (TPSA) is 103 Å². The Hall–Kier alpha value is -3.60. The van der Waals surface area contributed by atoms with E-state index >= 15 is 4.39 Å². The highest BCUT2D eigenvalue weighted by Gasteiger charge is 2.22. The molecule has 2 N–H and O–H groups in total. The molecule has 1 saturated heterocycles. The fraction of sp³-hybridized carbons (Fsp3) is 0.333. The molecule has 0 spiro atoms. The number of carbonyl (C=O) groups excluding carboxylic acids is 1. The zero-order valence-corrected chi connectivity index (χ0v) is 17.1. The van der Waals surface area contributed by atoms with Crippen LogP contribution in [0, 0.1) is 11.8 Å². The molecule has 2 aromatic heterocycles. The number of amides is 1. The van der Waals surface area contributed by atoms with Gasteiger partial charge in [-0.2, -0.15) is 4.39 Å². The molecule has 0 saturated carbocycles. The second-order valence-corrected chi connectivity index (χ2v) is 7.23. The lowest BCUT2D eigenvalue weighted by molar-refractivity contribution is 0.0957. The summed E-state index contributed by atoms with van der Waals surface area (Å²) < 4.78 is 55.7. The number of nitrogens with zero attached hydrogens (tertiary/aromatic N) is 4. The summed E-state index contributed by atoms with van der Waals surface area (Å²) in [5, 5.41) is 1.77. The van der Waals surface area contributed by atoms with Gasteiger partial charge in [-0.15, -0.1) is 0 Å². The normalized spacial score (nSPS) is 16.3. The highest BCUT2D eigenvalue weighted by molar-refractivity contribution is 5.92. The van der Waals surface area contributed by atoms with E-state index in [1.54, 1.807) is 22.3 Å². The number of methoxy groups -OCH3 is 1. The first-order valence-corrected chi connectivity index (χ1v) is 9.77. The van der Waals surface area contributed by atoms with Crippen LogP contribution < -0.4 is 20.5 Å². The predicted molar refractivity (Wildman–Crippen MR) is 114 cm³/mol. The van der Waals surface area contributed by atoms with Gasteiger partial charge in [-0.25, -0.2) is 14.4 Å². The van der Waals surface area contributed by atoms with Crippen LogP contribution in [0.2, 0.25) is 0 Å². The second-order valence-electron chi connectivity index (χ2n) is 7.23. The van der Waals surface area contributed by atoms with Crippen molar-refractivity contribution in [1.82, 2.24) is 25.2 Å². The minimum Gasteiger partial charge on any atom is -0.477 e. The Labute approximate surface area is 186 Å². The van der Waals surface area contributed by atoms with Gasteiger partial charge in [-0.1, -0.05) is 6.07 Å². The molecule has 0 aliphatic carbocycles. The van der Waals surface area contributed by atoms with Crippen LogP contribution in [0.25, 0.3) is 11.0 Å². The number of carbonyl (C=O) groups is 1. The van der Waals surface area contributed by atoms with Crippen LogP contribution in [-0.2, 0) is 6.54 Å². The van der Waals surface area contributed by atoms with Gasteiger partial charge in [0.2, 0.25) is 5.95 Å². The van der Waals surface area contributed by atoms with Crippen LogP contribution in [0.3, 0.4) is 0 Å². The van der Waals surface area contributed by atoms with Crippen molar-refractivity contribution < 1.29 is 22.4 Å². The molecule has 4 rings (SSSR count). The number of hydrogen-bond acceptors (Lipinski definition) is 7. The number of pyridine rings is 1. The van der Waals surface area contributed by atoms with E-state index in [2.05, 4.69) is 15.0 Å². The maximum Gasteiger partial charge on any atom is 0.311 e. The summed E-state index contributed by atoms with van der Waals surface area (Å²) in [4.78, 5) is 37.6. The highest BCUT2D eigenvalue weighted by Crippen LogP contribution is 2.23. The van der Waals surface area contributed by atoms with E-state index in [4.69, 9.17) is 8.85 Å². The van der Waals surface area contributed by atoms with Crippen molar-refractivity contribution >= 4 is 22.6 Å². The van der Waals surface area contributed by atoms with Crippen LogP contribution in [0.4, 0.5) is 14.5 Å². The third kappa shape index (κ3) is 4.11. The van der Waals surface area contributed by atoms with Crippen molar-refractivity contribution in [2.24, 2.45) is 0 Å². The molecule has 11 heteroatoms. The Morgan fingerprint density at radius 3 is 2.69 bits per heavy atom. The second kappa shape index (κ2) is 8.87. The van der Waals surface area contributed by atoms with Crippen molar-refractivity contribution in [3.05, 3.63) is 57.6 Å². The Bertz CT molecular complexity index is 1330. The molecule has 3 heterocycles. The zero-order valence-electron chi connectivity index (χ0n) is 20.1. The molecule has 0 bridgehead atoms. The molecular weight excluding hydrogens is 422 g/mol. The largest absolute Gasteiger partial charge is 0.477 e. The highest BCUT2D eigenvalue weighted by atomic mass is 19.1. The number of anilines is 1. The van der Waals surface area contributed by atoms with Gasteiger partial charge in [-0.3, -0.25) is 14.5 Å². The van der Waals surface area contributed by atoms with E-state index in [1.807, 2.05) is 4.90 Å². The number of ether oxygens (including phenoxy) is 1. The van der Waals surface area contributed by atoms with E-state index in [9.17, 15) is 14.0 Å². The van der Waals surface area contributed by atoms with Gasteiger partial charge in [0.1, 0.15) is 11.2 Å². The van der Waals surface area contributed by atoms with E-state index in [0.717, 1.165) is 0 Å². The Morgan fingerprint density at radius 1 is 1.22 bits per heavy atom. The smallest absolute Gasteiger partial charge is 0.311 e. The number of rotatable bonds is 5. The van der Waals surface area contributed by atoms with Gasteiger partial charge in [0.15, 0.2) is 5.82 Å². The fourth-order valence-electron chi connectivity index (χ4n) is 3.65. The number of nitrogens with one attached hydrogen (secondary N) is 2. The molecule has 3 aromatic rings. The van der Waals surface area contributed by atoms with Gasteiger partial charge < -0.3 is 19.9 Å². The average molecular weight is 447 g/mol. The standard InChI is InChI=1S/C21H22F2N6O3/c1-24-19(30)14-5-6-15(18(23)25-14)29-9-7-28(8-10-29)11-12-3-4-13-17(16(12)22)27-20(31)21(26-13)32-2/h3-6H,7-11H2,1-2H3,(H,24,30)(H,27,31)/i1D3. The lowest BCUT2D eigenvalue weighted by Crippen LogP contribution is -2.46. The number of piperazine rings is 1. The van der Waals surface area contributed by atoms with Crippen molar-refractivity contribution in [2.45, 2.75) is 6.54 Å². The molecule has 1 aliphatic rings. The summed E-state index contributed by atoms with van der Waals surface area (Å²) in [5.74, 6) is -2.59. The molecule has 32 heavy (non-hydrogen) atoms. The maximum atomic E-state index is 15.0. The number of fused-ring (bicyclic) bond motifs is 1. The minimum absolute atomic E-state index is 0.00250. The first-order valence-electron chi connectivity index (χ1n) is 11.3. The lowest BCUT2D eigenvalue weighted by Gasteiger charge is -2.36. The fourth-order valence-corrected chi connectivity index (χ4v) is 3.65. The molecule has 1 fully saturated rings. The van der Waals surface area contributed by atoms with Crippen LogP contribution >= 0.6 is 0 Å². The quantitative estimate of drug-likeness (QED) is 0.568. The molecular formula is C21H22F2N6O3. The summed E-state index contributed by atoms with van der Waals surface area (Å²) in [6.07, 6.45) is 0. The van der Waals surface area contributed by atoms with Crippen LogP contribution in [0.1, 0.15) is 20.2 Å². The van der Waals surface area contributed by atoms with Crippen LogP contribution in [-0.4, -0.2) is 66.0 Å². The Balaban J connectivity index is 1.42. The van der Waals surface area contributed by atoms with Gasteiger partial charge >= 0.3 is 5.56 Å². The van der Waals surface area contributed by atoms with Gasteiger partial charge in [-0.05, 0) is 18.2 Å². The minimum atomic E-state index is -2.70. The summed E-state index contributed by atoms with van der Waals surface area (Å²) in [5.41, 5.74) is -0.120. The van der Waals surface area contributed by atoms with E-state index in [1.165, 1.54) is 19.2 Å². The predicted octanol–water partition coefficient (Wildman–Crippen LogP) is 1.29. The van der Waals surface area contributed by atoms with Gasteiger partial charge in [0.05, 0.1) is 18.3 Å². The summed E-state index contributed by atoms with van der Waals surface area (Å²) in [6, 6.07) is 5.85. The number of aromatic nitrogens is 3. The number of halogens is 2. The number of aromatic amines is 1. The third-order valence-corrected chi connectivity index (χ3v) is 5.33. The monoisotopic (exact) mass is 447 g/mol. The maximum absolute atomic E-state index is 15.0. The summed E-state index contributed by atoms with van der Waals surface area (Å²) >= 11 is 0. The van der Waals surface area contributed by atoms with E-state index in [-0.39, 0.29) is 34.8 Å². The molecule has 168 valence electrons. The first kappa shape index (κ1) is 18.0. The van der Waals surface area contributed by atoms with E-state index < -0.39 is 30.2 Å². The van der Waals surface area contributed by atoms with Crippen molar-refractivity contribution in [3.63, 3.8) is 0 Å². The molecule has 0 radical (unpaired) electrons. The SMILES string of the molecule is [2H]C([2H])([2H])NC(=O)c1ccc(N2CCN(Cc3ccc4nc(OC)c(=O)[nH]c4c3F)CC2)c(F)n1. The van der Waals surface area contributed by atoms with Crippen LogP contribution in [0.15, 0.2) is 29.1 Å². The number of H-pyrrole nitrogens is 1. The third-order valence-electron chi connectivity index (χ3n) is 5.33. The van der Waals surface area contributed by atoms with Gasteiger partial charge in [0, 0.05) is 49.4 Å². The first-order chi connectivity index (χ1) is 16.6. The number of benzene rings is 1. The van der Waals surface area contributed by atoms with E-state index in [0.29, 0.717) is 31.7 Å². The summed E-state index contributed by atoms with van der Waals surface area (Å²) in [6.45, 7) is -0.592. The molecule has 1 amide bonds. The van der Waals surface area contributed by atoms with Crippen molar-refractivity contribution in [3.8, 4) is 5.88 Å². The summed E-state index contributed by atoms with van der Waals surface area (Å²) in [7, 11) is 1.31. The molecule has 1 aromatic carbocycles. The Morgan fingerprint density at radius 2 is 2.00 bits per heavy atom. The average Bonchev–Trinajstić information content (AvgIpc) is 2.80. The lowest BCUT2D eigenvalue weighted by atomic mass is 10.1. The molecule has 0 unspecified atom stereocenters. The van der Waals surface area contributed by atoms with Gasteiger partial charge in [0.25, 0.3) is 11.8 Å². The number of hydrogen-bond donors (Lipinski definition) is 2. The molecule has 0 atom stereocenters. The molecule has 9 nitrogen and oxygen atoms in total. The zero-order chi connectivity index (χ0) is 25.3. The van der Waals surface area contributed by atoms with Crippen molar-refractivity contribution in [1.29, 1.82) is 0 Å². The molecule has 1 aliphatic heterocycles. The van der Waals surface area contributed by atoms with Crippen LogP contribution in [0.5, 0.6) is 5.88 Å². The van der Waals surface area contributed by atoms with Crippen molar-refractivity contribution in [2.75, 3.05) is 45.2 Å².